The highest BCUT2D eigenvalue weighted by atomic mass is 19.4. The van der Waals surface area contributed by atoms with Crippen LogP contribution in [0.25, 0.3) is 10.9 Å². The van der Waals surface area contributed by atoms with Crippen LogP contribution < -0.4 is 5.56 Å². The van der Waals surface area contributed by atoms with E-state index in [9.17, 15) is 22.8 Å². The molecule has 128 valence electrons. The van der Waals surface area contributed by atoms with E-state index in [1.165, 1.54) is 0 Å². The number of fused-ring (bicyclic) bond motifs is 1. The molecule has 0 radical (unpaired) electrons. The van der Waals surface area contributed by atoms with Crippen LogP contribution in [0.1, 0.15) is 21.9 Å². The number of hydrogen-bond donors (Lipinski definition) is 1. The van der Waals surface area contributed by atoms with E-state index in [1.54, 1.807) is 24.3 Å². The van der Waals surface area contributed by atoms with Crippen molar-refractivity contribution in [1.82, 2.24) is 15.0 Å². The Balaban J connectivity index is 1.73. The molecule has 0 spiro atoms. The van der Waals surface area contributed by atoms with Gasteiger partial charge in [0, 0.05) is 6.20 Å². The second-order valence-electron chi connectivity index (χ2n) is 5.04. The van der Waals surface area contributed by atoms with Crippen molar-refractivity contribution in [2.75, 3.05) is 0 Å². The summed E-state index contributed by atoms with van der Waals surface area (Å²) in [7, 11) is 0. The van der Waals surface area contributed by atoms with Crippen LogP contribution in [0.5, 0.6) is 0 Å². The molecular weight excluding hydrogens is 339 g/mol. The van der Waals surface area contributed by atoms with Crippen LogP contribution in [0.2, 0.25) is 0 Å². The smallest absolute Gasteiger partial charge is 0.433 e. The summed E-state index contributed by atoms with van der Waals surface area (Å²) in [4.78, 5) is 33.6. The predicted molar refractivity (Wildman–Crippen MR) is 80.7 cm³/mol. The van der Waals surface area contributed by atoms with Gasteiger partial charge in [-0.15, -0.1) is 0 Å². The number of rotatable bonds is 3. The van der Waals surface area contributed by atoms with Gasteiger partial charge >= 0.3 is 12.1 Å². The Bertz CT molecular complexity index is 982. The number of pyridine rings is 1. The highest BCUT2D eigenvalue weighted by molar-refractivity contribution is 5.89. The lowest BCUT2D eigenvalue weighted by Gasteiger charge is -2.07. The SMILES string of the molecule is O=C(OCc1nc2ccccc2c(=O)[nH]1)c1ccc(C(F)(F)F)nc1. The van der Waals surface area contributed by atoms with E-state index in [1.807, 2.05) is 0 Å². The van der Waals surface area contributed by atoms with E-state index in [2.05, 4.69) is 15.0 Å². The maximum atomic E-state index is 12.4. The lowest BCUT2D eigenvalue weighted by atomic mass is 10.2. The number of halogens is 3. The number of nitrogens with one attached hydrogen (secondary N) is 1. The van der Waals surface area contributed by atoms with Gasteiger partial charge in [-0.3, -0.25) is 9.78 Å². The average Bonchev–Trinajstić information content (AvgIpc) is 2.59. The molecule has 1 N–H and O–H groups in total. The molecule has 6 nitrogen and oxygen atoms in total. The number of esters is 1. The molecule has 3 aromatic rings. The summed E-state index contributed by atoms with van der Waals surface area (Å²) in [6.07, 6.45) is -3.81. The summed E-state index contributed by atoms with van der Waals surface area (Å²) >= 11 is 0. The van der Waals surface area contributed by atoms with Crippen LogP contribution in [0, 0.1) is 0 Å². The largest absolute Gasteiger partial charge is 0.454 e. The van der Waals surface area contributed by atoms with Gasteiger partial charge in [0.1, 0.15) is 18.1 Å². The molecule has 0 unspecified atom stereocenters. The molecule has 0 atom stereocenters. The zero-order valence-corrected chi connectivity index (χ0v) is 12.5. The molecule has 1 aromatic carbocycles. The molecule has 0 fully saturated rings. The molecule has 0 bridgehead atoms. The van der Waals surface area contributed by atoms with E-state index in [0.29, 0.717) is 17.0 Å². The molecule has 0 aliphatic rings. The van der Waals surface area contributed by atoms with Crippen LogP contribution in [0.3, 0.4) is 0 Å². The number of H-pyrrole nitrogens is 1. The summed E-state index contributed by atoms with van der Waals surface area (Å²) in [6, 6.07) is 8.29. The van der Waals surface area contributed by atoms with Crippen molar-refractivity contribution in [2.24, 2.45) is 0 Å². The summed E-state index contributed by atoms with van der Waals surface area (Å²) in [6.45, 7) is -0.333. The van der Waals surface area contributed by atoms with Gasteiger partial charge in [-0.1, -0.05) is 12.1 Å². The van der Waals surface area contributed by atoms with Gasteiger partial charge in [-0.05, 0) is 24.3 Å². The third kappa shape index (κ3) is 3.65. The number of aromatic amines is 1. The zero-order valence-electron chi connectivity index (χ0n) is 12.5. The minimum atomic E-state index is -4.59. The standard InChI is InChI=1S/C16H10F3N3O3/c17-16(18,19)12-6-5-9(7-20-12)15(24)25-8-13-21-11-4-2-1-3-10(11)14(23)22-13/h1-7H,8H2,(H,21,22,23). The lowest BCUT2D eigenvalue weighted by Crippen LogP contribution is -2.15. The number of carbonyl (C=O) groups excluding carboxylic acids is 1. The summed E-state index contributed by atoms with van der Waals surface area (Å²) in [5, 5.41) is 0.393. The van der Waals surface area contributed by atoms with Gasteiger partial charge in [0.25, 0.3) is 5.56 Å². The Morgan fingerprint density at radius 1 is 1.16 bits per heavy atom. The van der Waals surface area contributed by atoms with Gasteiger partial charge < -0.3 is 9.72 Å². The van der Waals surface area contributed by atoms with Crippen LogP contribution in [0.4, 0.5) is 13.2 Å². The summed E-state index contributed by atoms with van der Waals surface area (Å²) in [5.41, 5.74) is -1.19. The Kier molecular flexibility index (Phi) is 4.22. The molecule has 0 aliphatic carbocycles. The number of aromatic nitrogens is 3. The first-order chi connectivity index (χ1) is 11.8. The highest BCUT2D eigenvalue weighted by Crippen LogP contribution is 2.27. The Morgan fingerprint density at radius 2 is 1.92 bits per heavy atom. The summed E-state index contributed by atoms with van der Waals surface area (Å²) in [5.74, 6) is -0.756. The van der Waals surface area contributed by atoms with E-state index < -0.39 is 17.8 Å². The number of carbonyl (C=O) groups is 1. The van der Waals surface area contributed by atoms with Gasteiger partial charge in [-0.25, -0.2) is 9.78 Å². The monoisotopic (exact) mass is 349 g/mol. The zero-order chi connectivity index (χ0) is 18.0. The molecule has 2 aromatic heterocycles. The minimum Gasteiger partial charge on any atom is -0.454 e. The maximum Gasteiger partial charge on any atom is 0.433 e. The number of nitrogens with zero attached hydrogens (tertiary/aromatic N) is 2. The normalized spacial score (nSPS) is 11.5. The maximum absolute atomic E-state index is 12.4. The van der Waals surface area contributed by atoms with Gasteiger partial charge in [0.15, 0.2) is 0 Å². The molecule has 25 heavy (non-hydrogen) atoms. The van der Waals surface area contributed by atoms with Gasteiger partial charge in [0.2, 0.25) is 0 Å². The van der Waals surface area contributed by atoms with Crippen molar-refractivity contribution in [3.05, 3.63) is 70.0 Å². The van der Waals surface area contributed by atoms with Gasteiger partial charge in [-0.2, -0.15) is 13.2 Å². The second kappa shape index (κ2) is 6.34. The highest BCUT2D eigenvalue weighted by Gasteiger charge is 2.32. The van der Waals surface area contributed by atoms with Crippen molar-refractivity contribution >= 4 is 16.9 Å². The van der Waals surface area contributed by atoms with E-state index in [-0.39, 0.29) is 23.6 Å². The van der Waals surface area contributed by atoms with E-state index in [4.69, 9.17) is 4.74 Å². The molecule has 9 heteroatoms. The summed E-state index contributed by atoms with van der Waals surface area (Å²) < 4.78 is 42.3. The molecule has 2 heterocycles. The Morgan fingerprint density at radius 3 is 2.60 bits per heavy atom. The first kappa shape index (κ1) is 16.6. The first-order valence-electron chi connectivity index (χ1n) is 7.03. The number of ether oxygens (including phenoxy) is 1. The fourth-order valence-corrected chi connectivity index (χ4v) is 2.10. The number of benzene rings is 1. The number of hydrogen-bond acceptors (Lipinski definition) is 5. The minimum absolute atomic E-state index is 0.122. The third-order valence-corrected chi connectivity index (χ3v) is 3.29. The fourth-order valence-electron chi connectivity index (χ4n) is 2.10. The quantitative estimate of drug-likeness (QED) is 0.735. The Hall–Kier alpha value is -3.23. The molecule has 0 saturated heterocycles. The van der Waals surface area contributed by atoms with E-state index in [0.717, 1.165) is 12.3 Å². The van der Waals surface area contributed by atoms with E-state index >= 15 is 0 Å². The molecule has 0 aliphatic heterocycles. The lowest BCUT2D eigenvalue weighted by molar-refractivity contribution is -0.141. The Labute approximate surface area is 138 Å². The van der Waals surface area contributed by atoms with Crippen molar-refractivity contribution in [1.29, 1.82) is 0 Å². The van der Waals surface area contributed by atoms with Crippen LogP contribution in [-0.2, 0) is 17.5 Å². The number of alkyl halides is 3. The van der Waals surface area contributed by atoms with Crippen LogP contribution in [0.15, 0.2) is 47.4 Å². The second-order valence-corrected chi connectivity index (χ2v) is 5.04. The van der Waals surface area contributed by atoms with Crippen LogP contribution in [-0.4, -0.2) is 20.9 Å². The van der Waals surface area contributed by atoms with Crippen LogP contribution >= 0.6 is 0 Å². The topological polar surface area (TPSA) is 84.9 Å². The van der Waals surface area contributed by atoms with Crippen molar-refractivity contribution in [3.63, 3.8) is 0 Å². The molecule has 0 amide bonds. The third-order valence-electron chi connectivity index (χ3n) is 3.29. The average molecular weight is 349 g/mol. The molecule has 0 saturated carbocycles. The predicted octanol–water partition coefficient (Wildman–Crippen LogP) is 2.69. The van der Waals surface area contributed by atoms with Crippen molar-refractivity contribution < 1.29 is 22.7 Å². The fraction of sp³-hybridized carbons (Fsp3) is 0.125. The molecular formula is C16H10F3N3O3. The first-order valence-corrected chi connectivity index (χ1v) is 7.03. The molecule has 3 rings (SSSR count). The van der Waals surface area contributed by atoms with Gasteiger partial charge in [0.05, 0.1) is 16.5 Å². The van der Waals surface area contributed by atoms with Crippen molar-refractivity contribution in [3.8, 4) is 0 Å². The number of para-hydroxylation sites is 1. The van der Waals surface area contributed by atoms with Crippen molar-refractivity contribution in [2.45, 2.75) is 12.8 Å².